The lowest BCUT2D eigenvalue weighted by Gasteiger charge is -2.35. The third kappa shape index (κ3) is 3.38. The molecule has 116 valence electrons. The fourth-order valence-electron chi connectivity index (χ4n) is 3.42. The molecule has 0 fully saturated rings. The lowest BCUT2D eigenvalue weighted by atomic mass is 9.84. The Labute approximate surface area is 126 Å². The van der Waals surface area contributed by atoms with Gasteiger partial charge in [-0.2, -0.15) is 0 Å². The Balaban J connectivity index is 2.24. The first kappa shape index (κ1) is 15.8. The fraction of sp³-hybridized carbons (Fsp3) is 0.588. The highest BCUT2D eigenvalue weighted by Crippen LogP contribution is 2.32. The van der Waals surface area contributed by atoms with Gasteiger partial charge in [-0.15, -0.1) is 0 Å². The van der Waals surface area contributed by atoms with E-state index in [0.717, 1.165) is 56.3 Å². The Bertz CT molecular complexity index is 507. The van der Waals surface area contributed by atoms with Crippen LogP contribution in [-0.4, -0.2) is 40.2 Å². The maximum absolute atomic E-state index is 11.3. The smallest absolute Gasteiger partial charge is 0.339 e. The summed E-state index contributed by atoms with van der Waals surface area (Å²) in [6.45, 7) is 6.58. The third-order valence-electron chi connectivity index (χ3n) is 4.32. The van der Waals surface area contributed by atoms with Gasteiger partial charge >= 0.3 is 5.97 Å². The van der Waals surface area contributed by atoms with Crippen molar-refractivity contribution in [3.05, 3.63) is 28.8 Å². The van der Waals surface area contributed by atoms with E-state index in [0.29, 0.717) is 6.04 Å². The molecule has 0 aromatic heterocycles. The summed E-state index contributed by atoms with van der Waals surface area (Å²) in [4.78, 5) is 13.9. The van der Waals surface area contributed by atoms with Crippen molar-refractivity contribution >= 4 is 5.97 Å². The first-order chi connectivity index (χ1) is 10.1. The molecule has 21 heavy (non-hydrogen) atoms. The largest absolute Gasteiger partial charge is 0.507 e. The van der Waals surface area contributed by atoms with Crippen LogP contribution in [0.15, 0.2) is 12.1 Å². The highest BCUT2D eigenvalue weighted by molar-refractivity contribution is 5.93. The van der Waals surface area contributed by atoms with Gasteiger partial charge in [0.1, 0.15) is 11.3 Å². The molecule has 0 heterocycles. The molecule has 0 bridgehead atoms. The lowest BCUT2D eigenvalue weighted by Crippen LogP contribution is -2.40. The van der Waals surface area contributed by atoms with Crippen LogP contribution < -0.4 is 0 Å². The van der Waals surface area contributed by atoms with Crippen LogP contribution in [0.2, 0.25) is 0 Å². The Morgan fingerprint density at radius 3 is 2.52 bits per heavy atom. The van der Waals surface area contributed by atoms with E-state index in [1.807, 2.05) is 6.07 Å². The molecule has 0 unspecified atom stereocenters. The van der Waals surface area contributed by atoms with E-state index in [2.05, 4.69) is 18.7 Å². The highest BCUT2D eigenvalue weighted by atomic mass is 16.4. The quantitative estimate of drug-likeness (QED) is 0.845. The number of benzene rings is 1. The normalized spacial score (nSPS) is 17.8. The van der Waals surface area contributed by atoms with Crippen LogP contribution in [0.25, 0.3) is 0 Å². The number of aromatic hydroxyl groups is 1. The number of carbonyl (C=O) groups is 1. The van der Waals surface area contributed by atoms with Gasteiger partial charge in [0.25, 0.3) is 0 Å². The van der Waals surface area contributed by atoms with Crippen molar-refractivity contribution in [2.45, 2.75) is 52.0 Å². The van der Waals surface area contributed by atoms with Crippen molar-refractivity contribution in [3.8, 4) is 5.75 Å². The molecule has 1 aliphatic rings. The minimum atomic E-state index is -1.03. The van der Waals surface area contributed by atoms with Crippen LogP contribution in [0.5, 0.6) is 5.75 Å². The summed E-state index contributed by atoms with van der Waals surface area (Å²) in [5.74, 6) is -1.14. The molecule has 0 spiro atoms. The maximum atomic E-state index is 11.3. The van der Waals surface area contributed by atoms with E-state index in [-0.39, 0.29) is 11.3 Å². The molecule has 0 radical (unpaired) electrons. The molecule has 0 saturated heterocycles. The van der Waals surface area contributed by atoms with E-state index in [1.165, 1.54) is 6.07 Å². The van der Waals surface area contributed by atoms with Crippen molar-refractivity contribution in [1.82, 2.24) is 4.90 Å². The summed E-state index contributed by atoms with van der Waals surface area (Å²) in [6.07, 6.45) is 4.87. The molecule has 0 amide bonds. The second kappa shape index (κ2) is 6.94. The van der Waals surface area contributed by atoms with Gasteiger partial charge < -0.3 is 15.1 Å². The summed E-state index contributed by atoms with van der Waals surface area (Å²) >= 11 is 0. The summed E-state index contributed by atoms with van der Waals surface area (Å²) in [6, 6.07) is 3.90. The minimum Gasteiger partial charge on any atom is -0.507 e. The van der Waals surface area contributed by atoms with E-state index >= 15 is 0 Å². The highest BCUT2D eigenvalue weighted by Gasteiger charge is 2.27. The second-order valence-corrected chi connectivity index (χ2v) is 5.84. The van der Waals surface area contributed by atoms with Gasteiger partial charge in [0.05, 0.1) is 0 Å². The Morgan fingerprint density at radius 1 is 1.29 bits per heavy atom. The number of rotatable bonds is 6. The van der Waals surface area contributed by atoms with Crippen molar-refractivity contribution in [3.63, 3.8) is 0 Å². The molecule has 1 aromatic carbocycles. The first-order valence-electron chi connectivity index (χ1n) is 7.89. The van der Waals surface area contributed by atoms with Crippen LogP contribution in [-0.2, 0) is 12.8 Å². The predicted octanol–water partition coefficient (Wildman–Crippen LogP) is 3.07. The zero-order valence-corrected chi connectivity index (χ0v) is 12.9. The number of nitrogens with zero attached hydrogens (tertiary/aromatic N) is 1. The number of carboxylic acids is 1. The first-order valence-corrected chi connectivity index (χ1v) is 7.89. The van der Waals surface area contributed by atoms with Crippen LogP contribution in [0.1, 0.15) is 54.6 Å². The van der Waals surface area contributed by atoms with Gasteiger partial charge in [0.2, 0.25) is 0 Å². The average Bonchev–Trinajstić information content (AvgIpc) is 2.46. The third-order valence-corrected chi connectivity index (χ3v) is 4.32. The SMILES string of the molecule is CCCN(CCC)[C@H]1CCc2c(ccc(O)c2C(=O)O)C1. The molecule has 1 atom stereocenters. The number of hydrogen-bond acceptors (Lipinski definition) is 3. The lowest BCUT2D eigenvalue weighted by molar-refractivity contribution is 0.0691. The molecule has 0 aliphatic heterocycles. The number of hydrogen-bond donors (Lipinski definition) is 2. The second-order valence-electron chi connectivity index (χ2n) is 5.84. The van der Waals surface area contributed by atoms with Crippen LogP contribution in [0, 0.1) is 0 Å². The molecule has 0 saturated carbocycles. The number of phenols is 1. The van der Waals surface area contributed by atoms with Crippen LogP contribution in [0.3, 0.4) is 0 Å². The molecule has 2 N–H and O–H groups in total. The zero-order chi connectivity index (χ0) is 15.4. The standard InChI is InChI=1S/C17H25NO3/c1-3-9-18(10-4-2)13-6-7-14-12(11-13)5-8-15(19)16(14)17(20)21/h5,8,13,19H,3-4,6-7,9-11H2,1-2H3,(H,20,21)/t13-/m0/s1. The summed E-state index contributed by atoms with van der Waals surface area (Å²) in [7, 11) is 0. The predicted molar refractivity (Wildman–Crippen MR) is 83.0 cm³/mol. The molecule has 1 aromatic rings. The van der Waals surface area contributed by atoms with Gasteiger partial charge in [-0.25, -0.2) is 4.79 Å². The summed E-state index contributed by atoms with van der Waals surface area (Å²) in [5.41, 5.74) is 2.01. The zero-order valence-electron chi connectivity index (χ0n) is 12.9. The molecule has 4 nitrogen and oxygen atoms in total. The van der Waals surface area contributed by atoms with E-state index in [4.69, 9.17) is 0 Å². The summed E-state index contributed by atoms with van der Waals surface area (Å²) < 4.78 is 0. The summed E-state index contributed by atoms with van der Waals surface area (Å²) in [5, 5.41) is 19.1. The average molecular weight is 291 g/mol. The van der Waals surface area contributed by atoms with E-state index in [1.54, 1.807) is 0 Å². The Morgan fingerprint density at radius 2 is 1.95 bits per heavy atom. The van der Waals surface area contributed by atoms with Crippen LogP contribution in [0.4, 0.5) is 0 Å². The molecule has 4 heteroatoms. The van der Waals surface area contributed by atoms with Crippen molar-refractivity contribution in [2.24, 2.45) is 0 Å². The number of carboxylic acid groups (broad SMARTS) is 1. The fourth-order valence-corrected chi connectivity index (χ4v) is 3.42. The molecule has 2 rings (SSSR count). The number of aromatic carboxylic acids is 1. The van der Waals surface area contributed by atoms with Gasteiger partial charge in [0.15, 0.2) is 0 Å². The van der Waals surface area contributed by atoms with Crippen molar-refractivity contribution < 1.29 is 15.0 Å². The van der Waals surface area contributed by atoms with Gasteiger partial charge in [-0.1, -0.05) is 19.9 Å². The van der Waals surface area contributed by atoms with Crippen LogP contribution >= 0.6 is 0 Å². The van der Waals surface area contributed by atoms with E-state index < -0.39 is 5.97 Å². The molecular weight excluding hydrogens is 266 g/mol. The topological polar surface area (TPSA) is 60.8 Å². The van der Waals surface area contributed by atoms with Gasteiger partial charge in [0, 0.05) is 6.04 Å². The van der Waals surface area contributed by atoms with Crippen molar-refractivity contribution in [2.75, 3.05) is 13.1 Å². The monoisotopic (exact) mass is 291 g/mol. The minimum absolute atomic E-state index is 0.100. The maximum Gasteiger partial charge on any atom is 0.339 e. The van der Waals surface area contributed by atoms with Gasteiger partial charge in [-0.05, 0) is 62.4 Å². The van der Waals surface area contributed by atoms with E-state index in [9.17, 15) is 15.0 Å². The Kier molecular flexibility index (Phi) is 5.23. The molecule has 1 aliphatic carbocycles. The molecular formula is C17H25NO3. The van der Waals surface area contributed by atoms with Gasteiger partial charge in [-0.3, -0.25) is 0 Å². The Hall–Kier alpha value is -1.55. The van der Waals surface area contributed by atoms with Crippen molar-refractivity contribution in [1.29, 1.82) is 0 Å². The number of fused-ring (bicyclic) bond motifs is 1.